The average Bonchev–Trinajstić information content (AvgIpc) is 2.91. The van der Waals surface area contributed by atoms with Crippen molar-refractivity contribution in [2.24, 2.45) is 0 Å². The van der Waals surface area contributed by atoms with Gasteiger partial charge in [0.1, 0.15) is 11.3 Å². The lowest BCUT2D eigenvalue weighted by molar-refractivity contribution is 0.0526. The summed E-state index contributed by atoms with van der Waals surface area (Å²) in [6, 6.07) is 9.01. The Morgan fingerprint density at radius 1 is 1.35 bits per heavy atom. The fraction of sp³-hybridized carbons (Fsp3) is 0.267. The molecule has 0 aliphatic rings. The number of hydrogen-bond donors (Lipinski definition) is 1. The van der Waals surface area contributed by atoms with Crippen molar-refractivity contribution >= 4 is 5.97 Å². The maximum Gasteiger partial charge on any atom is 0.342 e. The summed E-state index contributed by atoms with van der Waals surface area (Å²) in [5.41, 5.74) is 3.13. The first-order chi connectivity index (χ1) is 9.71. The Morgan fingerprint density at radius 3 is 2.60 bits per heavy atom. The Morgan fingerprint density at radius 2 is 2.05 bits per heavy atom. The summed E-state index contributed by atoms with van der Waals surface area (Å²) in [6.07, 6.45) is 0.664. The van der Waals surface area contributed by atoms with Crippen LogP contribution in [0.25, 0.3) is 11.3 Å². The number of nitrogens with one attached hydrogen (secondary N) is 1. The maximum absolute atomic E-state index is 12.1. The number of benzene rings is 1. The van der Waals surface area contributed by atoms with Gasteiger partial charge in [-0.3, -0.25) is 5.10 Å². The molecule has 2 rings (SSSR count). The number of aromatic nitrogens is 2. The summed E-state index contributed by atoms with van der Waals surface area (Å²) in [7, 11) is 0. The molecule has 5 heteroatoms. The molecule has 5 nitrogen and oxygen atoms in total. The van der Waals surface area contributed by atoms with Gasteiger partial charge < -0.3 is 4.74 Å². The Kier molecular flexibility index (Phi) is 4.16. The normalized spacial score (nSPS) is 10.1. The third-order valence-corrected chi connectivity index (χ3v) is 2.96. The van der Waals surface area contributed by atoms with Crippen LogP contribution in [0.4, 0.5) is 0 Å². The highest BCUT2D eigenvalue weighted by Crippen LogP contribution is 2.25. The second kappa shape index (κ2) is 6.02. The third kappa shape index (κ3) is 2.54. The zero-order chi connectivity index (χ0) is 14.5. The van der Waals surface area contributed by atoms with Crippen molar-refractivity contribution in [3.05, 3.63) is 41.1 Å². The monoisotopic (exact) mass is 269 g/mol. The lowest BCUT2D eigenvalue weighted by Crippen LogP contribution is -2.07. The smallest absolute Gasteiger partial charge is 0.342 e. The number of nitrogens with zero attached hydrogens (tertiary/aromatic N) is 2. The van der Waals surface area contributed by atoms with Crippen molar-refractivity contribution in [1.82, 2.24) is 10.2 Å². The van der Waals surface area contributed by atoms with Gasteiger partial charge in [0.2, 0.25) is 0 Å². The van der Waals surface area contributed by atoms with Crippen molar-refractivity contribution in [2.45, 2.75) is 20.3 Å². The standard InChI is InChI=1S/C15H15N3O2/c1-3-12-13(15(19)20-4-2)14(18-17-12)11-7-5-10(9-16)6-8-11/h5-8H,3-4H2,1-2H3,(H,17,18). The van der Waals surface area contributed by atoms with Crippen LogP contribution in [0.5, 0.6) is 0 Å². The number of rotatable bonds is 4. The molecule has 1 heterocycles. The minimum atomic E-state index is -0.377. The molecule has 0 saturated heterocycles. The second-order valence-electron chi connectivity index (χ2n) is 4.19. The second-order valence-corrected chi connectivity index (χ2v) is 4.19. The molecule has 0 amide bonds. The molecule has 1 aromatic heterocycles. The number of carbonyl (C=O) groups is 1. The molecule has 0 atom stereocenters. The number of esters is 1. The predicted octanol–water partition coefficient (Wildman–Crippen LogP) is 2.69. The van der Waals surface area contributed by atoms with Crippen LogP contribution < -0.4 is 0 Å². The van der Waals surface area contributed by atoms with E-state index in [1.807, 2.05) is 6.92 Å². The minimum absolute atomic E-state index is 0.319. The average molecular weight is 269 g/mol. The van der Waals surface area contributed by atoms with E-state index in [2.05, 4.69) is 16.3 Å². The molecule has 0 bridgehead atoms. The van der Waals surface area contributed by atoms with Gasteiger partial charge in [-0.15, -0.1) is 0 Å². The van der Waals surface area contributed by atoms with Crippen molar-refractivity contribution in [3.63, 3.8) is 0 Å². The van der Waals surface area contributed by atoms with Crippen molar-refractivity contribution in [3.8, 4) is 17.3 Å². The molecule has 1 aromatic carbocycles. The molecule has 0 saturated carbocycles. The van der Waals surface area contributed by atoms with Gasteiger partial charge in [0.15, 0.2) is 0 Å². The molecule has 102 valence electrons. The highest BCUT2D eigenvalue weighted by molar-refractivity contribution is 5.97. The highest BCUT2D eigenvalue weighted by atomic mass is 16.5. The molecule has 2 aromatic rings. The number of ether oxygens (including phenoxy) is 1. The van der Waals surface area contributed by atoms with E-state index < -0.39 is 0 Å². The SMILES string of the molecule is CCOC(=O)c1c(-c2ccc(C#N)cc2)n[nH]c1CC. The number of aryl methyl sites for hydroxylation is 1. The fourth-order valence-electron chi connectivity index (χ4n) is 1.97. The van der Waals surface area contributed by atoms with Crippen LogP contribution >= 0.6 is 0 Å². The Hall–Kier alpha value is -2.61. The molecular weight excluding hydrogens is 254 g/mol. The van der Waals surface area contributed by atoms with E-state index in [0.717, 1.165) is 11.3 Å². The van der Waals surface area contributed by atoms with Crippen molar-refractivity contribution in [1.29, 1.82) is 5.26 Å². The van der Waals surface area contributed by atoms with Gasteiger partial charge >= 0.3 is 5.97 Å². The highest BCUT2D eigenvalue weighted by Gasteiger charge is 2.21. The van der Waals surface area contributed by atoms with Gasteiger partial charge in [-0.1, -0.05) is 19.1 Å². The maximum atomic E-state index is 12.1. The molecule has 20 heavy (non-hydrogen) atoms. The molecular formula is C15H15N3O2. The van der Waals surface area contributed by atoms with Crippen LogP contribution in [0.1, 0.15) is 35.5 Å². The summed E-state index contributed by atoms with van der Waals surface area (Å²) in [4.78, 5) is 12.1. The fourth-order valence-corrected chi connectivity index (χ4v) is 1.97. The van der Waals surface area contributed by atoms with E-state index in [4.69, 9.17) is 10.00 Å². The number of H-pyrrole nitrogens is 1. The van der Waals surface area contributed by atoms with Gasteiger partial charge in [0.25, 0.3) is 0 Å². The third-order valence-electron chi connectivity index (χ3n) is 2.96. The van der Waals surface area contributed by atoms with Crippen molar-refractivity contribution in [2.75, 3.05) is 6.61 Å². The zero-order valence-electron chi connectivity index (χ0n) is 11.4. The van der Waals surface area contributed by atoms with E-state index in [1.165, 1.54) is 0 Å². The number of aromatic amines is 1. The van der Waals surface area contributed by atoms with Crippen LogP contribution in [0.15, 0.2) is 24.3 Å². The van der Waals surface area contributed by atoms with Crippen LogP contribution in [-0.2, 0) is 11.2 Å². The molecule has 0 aliphatic carbocycles. The summed E-state index contributed by atoms with van der Waals surface area (Å²) >= 11 is 0. The first-order valence-corrected chi connectivity index (χ1v) is 6.46. The lowest BCUT2D eigenvalue weighted by Gasteiger charge is -2.04. The zero-order valence-corrected chi connectivity index (χ0v) is 11.4. The number of nitriles is 1. The van der Waals surface area contributed by atoms with Crippen LogP contribution in [0.2, 0.25) is 0 Å². The summed E-state index contributed by atoms with van der Waals surface area (Å²) in [5.74, 6) is -0.377. The Balaban J connectivity index is 2.48. The van der Waals surface area contributed by atoms with E-state index in [0.29, 0.717) is 29.8 Å². The van der Waals surface area contributed by atoms with Crippen LogP contribution in [0, 0.1) is 11.3 Å². The lowest BCUT2D eigenvalue weighted by atomic mass is 10.0. The molecule has 0 unspecified atom stereocenters. The first-order valence-electron chi connectivity index (χ1n) is 6.46. The van der Waals surface area contributed by atoms with E-state index in [1.54, 1.807) is 31.2 Å². The van der Waals surface area contributed by atoms with Crippen LogP contribution in [0.3, 0.4) is 0 Å². The Labute approximate surface area is 117 Å². The molecule has 1 N–H and O–H groups in total. The van der Waals surface area contributed by atoms with E-state index in [9.17, 15) is 4.79 Å². The summed E-state index contributed by atoms with van der Waals surface area (Å²) in [6.45, 7) is 4.03. The first kappa shape index (κ1) is 13.8. The molecule has 0 aliphatic heterocycles. The molecule has 0 spiro atoms. The minimum Gasteiger partial charge on any atom is -0.462 e. The molecule has 0 radical (unpaired) electrons. The van der Waals surface area contributed by atoms with Gasteiger partial charge in [0.05, 0.1) is 23.9 Å². The van der Waals surface area contributed by atoms with Gasteiger partial charge in [-0.05, 0) is 25.5 Å². The largest absolute Gasteiger partial charge is 0.462 e. The number of hydrogen-bond acceptors (Lipinski definition) is 4. The molecule has 0 fully saturated rings. The topological polar surface area (TPSA) is 78.8 Å². The van der Waals surface area contributed by atoms with Gasteiger partial charge in [0, 0.05) is 5.56 Å². The predicted molar refractivity (Wildman–Crippen MR) is 74.1 cm³/mol. The summed E-state index contributed by atoms with van der Waals surface area (Å²) < 4.78 is 5.08. The van der Waals surface area contributed by atoms with E-state index in [-0.39, 0.29) is 5.97 Å². The number of carbonyl (C=O) groups excluding carboxylic acids is 1. The quantitative estimate of drug-likeness (QED) is 0.865. The Bertz CT molecular complexity index is 651. The van der Waals surface area contributed by atoms with E-state index >= 15 is 0 Å². The van der Waals surface area contributed by atoms with Crippen LogP contribution in [-0.4, -0.2) is 22.8 Å². The van der Waals surface area contributed by atoms with Crippen molar-refractivity contribution < 1.29 is 9.53 Å². The van der Waals surface area contributed by atoms with Gasteiger partial charge in [-0.2, -0.15) is 10.4 Å². The summed E-state index contributed by atoms with van der Waals surface area (Å²) in [5, 5.41) is 15.9. The van der Waals surface area contributed by atoms with Gasteiger partial charge in [-0.25, -0.2) is 4.79 Å².